The summed E-state index contributed by atoms with van der Waals surface area (Å²) in [5.41, 5.74) is 0. The Morgan fingerprint density at radius 1 is 1.29 bits per heavy atom. The zero-order valence-corrected chi connectivity index (χ0v) is 9.16. The maximum atomic E-state index is 11.0. The molecule has 0 aliphatic carbocycles. The number of hydrogen-bond acceptors (Lipinski definition) is 2. The van der Waals surface area contributed by atoms with E-state index >= 15 is 0 Å². The van der Waals surface area contributed by atoms with Crippen molar-refractivity contribution in [1.29, 1.82) is 0 Å². The Hall–Kier alpha value is -1.05. The molecule has 2 nitrogen and oxygen atoms in total. The molecule has 0 fully saturated rings. The molecule has 0 heterocycles. The topological polar surface area (TPSA) is 26.3 Å². The van der Waals surface area contributed by atoms with Crippen LogP contribution in [0.25, 0.3) is 0 Å². The van der Waals surface area contributed by atoms with Crippen LogP contribution in [0.4, 0.5) is 0 Å². The van der Waals surface area contributed by atoms with Gasteiger partial charge in [0.05, 0.1) is 6.61 Å². The average Bonchev–Trinajstić information content (AvgIpc) is 2.18. The molecule has 80 valence electrons. The van der Waals surface area contributed by atoms with Crippen molar-refractivity contribution in [2.24, 2.45) is 0 Å². The van der Waals surface area contributed by atoms with Crippen LogP contribution in [0.1, 0.15) is 39.5 Å². The SMILES string of the molecule is CC=CCCCOC(=O)C=CCCC. The summed E-state index contributed by atoms with van der Waals surface area (Å²) in [6.07, 6.45) is 11.3. The van der Waals surface area contributed by atoms with Gasteiger partial charge in [-0.05, 0) is 26.2 Å². The molecule has 0 bridgehead atoms. The second-order valence-corrected chi connectivity index (χ2v) is 3.07. The lowest BCUT2D eigenvalue weighted by atomic mass is 10.3. The van der Waals surface area contributed by atoms with Gasteiger partial charge >= 0.3 is 5.97 Å². The third-order valence-corrected chi connectivity index (χ3v) is 1.70. The lowest BCUT2D eigenvalue weighted by molar-refractivity contribution is -0.137. The molecule has 0 saturated carbocycles. The molecule has 0 aromatic carbocycles. The first kappa shape index (κ1) is 12.9. The van der Waals surface area contributed by atoms with Crippen LogP contribution in [0.3, 0.4) is 0 Å². The van der Waals surface area contributed by atoms with Gasteiger partial charge in [-0.15, -0.1) is 0 Å². The summed E-state index contributed by atoms with van der Waals surface area (Å²) in [4.78, 5) is 11.0. The molecule has 0 radical (unpaired) electrons. The van der Waals surface area contributed by atoms with E-state index in [4.69, 9.17) is 4.74 Å². The summed E-state index contributed by atoms with van der Waals surface area (Å²) < 4.78 is 4.98. The molecule has 0 aliphatic heterocycles. The Labute approximate surface area is 86.6 Å². The molecule has 0 rings (SSSR count). The van der Waals surface area contributed by atoms with Gasteiger partial charge in [0.15, 0.2) is 0 Å². The number of unbranched alkanes of at least 4 members (excludes halogenated alkanes) is 2. The van der Waals surface area contributed by atoms with E-state index in [1.807, 2.05) is 19.1 Å². The number of esters is 1. The van der Waals surface area contributed by atoms with E-state index in [9.17, 15) is 4.79 Å². The first-order chi connectivity index (χ1) is 6.81. The molecule has 0 aromatic heterocycles. The molecular formula is C12H20O2. The van der Waals surface area contributed by atoms with Crippen LogP contribution in [0.15, 0.2) is 24.3 Å². The first-order valence-corrected chi connectivity index (χ1v) is 5.25. The van der Waals surface area contributed by atoms with Crippen LogP contribution in [-0.2, 0) is 9.53 Å². The lowest BCUT2D eigenvalue weighted by Gasteiger charge is -1.99. The molecule has 0 unspecified atom stereocenters. The van der Waals surface area contributed by atoms with E-state index in [0.717, 1.165) is 25.7 Å². The maximum Gasteiger partial charge on any atom is 0.330 e. The van der Waals surface area contributed by atoms with Gasteiger partial charge in [-0.25, -0.2) is 4.79 Å². The van der Waals surface area contributed by atoms with Crippen LogP contribution in [0.5, 0.6) is 0 Å². The highest BCUT2D eigenvalue weighted by molar-refractivity contribution is 5.81. The molecule has 0 spiro atoms. The fraction of sp³-hybridized carbons (Fsp3) is 0.583. The van der Waals surface area contributed by atoms with Crippen molar-refractivity contribution in [2.75, 3.05) is 6.61 Å². The van der Waals surface area contributed by atoms with Gasteiger partial charge in [0.1, 0.15) is 0 Å². The Morgan fingerprint density at radius 3 is 2.71 bits per heavy atom. The quantitative estimate of drug-likeness (QED) is 0.270. The number of carbonyl (C=O) groups excluding carboxylic acids is 1. The fourth-order valence-electron chi connectivity index (χ4n) is 0.935. The molecule has 0 saturated heterocycles. The second kappa shape index (κ2) is 10.0. The zero-order valence-electron chi connectivity index (χ0n) is 9.16. The van der Waals surface area contributed by atoms with Crippen molar-refractivity contribution in [3.05, 3.63) is 24.3 Å². The highest BCUT2D eigenvalue weighted by atomic mass is 16.5. The predicted molar refractivity (Wildman–Crippen MR) is 59.1 cm³/mol. The number of hydrogen-bond donors (Lipinski definition) is 0. The average molecular weight is 196 g/mol. The summed E-state index contributed by atoms with van der Waals surface area (Å²) in [5.74, 6) is -0.223. The zero-order chi connectivity index (χ0) is 10.6. The van der Waals surface area contributed by atoms with E-state index in [1.165, 1.54) is 6.08 Å². The van der Waals surface area contributed by atoms with E-state index in [1.54, 1.807) is 0 Å². The summed E-state index contributed by atoms with van der Waals surface area (Å²) in [7, 11) is 0. The predicted octanol–water partition coefficient (Wildman–Crippen LogP) is 3.24. The van der Waals surface area contributed by atoms with Gasteiger partial charge in [-0.3, -0.25) is 0 Å². The van der Waals surface area contributed by atoms with Crippen LogP contribution < -0.4 is 0 Å². The smallest absolute Gasteiger partial charge is 0.330 e. The highest BCUT2D eigenvalue weighted by Gasteiger charge is 1.94. The van der Waals surface area contributed by atoms with Gasteiger partial charge < -0.3 is 4.74 Å². The van der Waals surface area contributed by atoms with E-state index in [-0.39, 0.29) is 5.97 Å². The Balaban J connectivity index is 3.35. The molecule has 2 heteroatoms. The van der Waals surface area contributed by atoms with Gasteiger partial charge in [0.25, 0.3) is 0 Å². The second-order valence-electron chi connectivity index (χ2n) is 3.07. The van der Waals surface area contributed by atoms with Crippen LogP contribution >= 0.6 is 0 Å². The normalized spacial score (nSPS) is 11.3. The molecule has 0 aliphatic rings. The third kappa shape index (κ3) is 9.04. The Bertz CT molecular complexity index is 192. The van der Waals surface area contributed by atoms with E-state index in [2.05, 4.69) is 13.0 Å². The van der Waals surface area contributed by atoms with Crippen molar-refractivity contribution in [1.82, 2.24) is 0 Å². The molecule has 0 aromatic rings. The highest BCUT2D eigenvalue weighted by Crippen LogP contribution is 1.94. The summed E-state index contributed by atoms with van der Waals surface area (Å²) in [6, 6.07) is 0. The van der Waals surface area contributed by atoms with E-state index in [0.29, 0.717) is 6.61 Å². The van der Waals surface area contributed by atoms with Crippen molar-refractivity contribution in [3.8, 4) is 0 Å². The standard InChI is InChI=1S/C12H20O2/c1-3-5-7-9-11-14-12(13)10-8-6-4-2/h3,5,8,10H,4,6-7,9,11H2,1-2H3. The maximum absolute atomic E-state index is 11.0. The van der Waals surface area contributed by atoms with Crippen molar-refractivity contribution >= 4 is 5.97 Å². The Kier molecular flexibility index (Phi) is 9.28. The Morgan fingerprint density at radius 2 is 2.07 bits per heavy atom. The first-order valence-electron chi connectivity index (χ1n) is 5.25. The summed E-state index contributed by atoms with van der Waals surface area (Å²) >= 11 is 0. The minimum Gasteiger partial charge on any atom is -0.463 e. The monoisotopic (exact) mass is 196 g/mol. The van der Waals surface area contributed by atoms with Gasteiger partial charge in [0.2, 0.25) is 0 Å². The summed E-state index contributed by atoms with van der Waals surface area (Å²) in [5, 5.41) is 0. The van der Waals surface area contributed by atoms with Gasteiger partial charge in [-0.1, -0.05) is 31.6 Å². The summed E-state index contributed by atoms with van der Waals surface area (Å²) in [6.45, 7) is 4.58. The molecule has 0 atom stereocenters. The minimum atomic E-state index is -0.223. The number of allylic oxidation sites excluding steroid dienone is 3. The van der Waals surface area contributed by atoms with Gasteiger partial charge in [0, 0.05) is 6.08 Å². The molecule has 14 heavy (non-hydrogen) atoms. The minimum absolute atomic E-state index is 0.223. The third-order valence-electron chi connectivity index (χ3n) is 1.70. The lowest BCUT2D eigenvalue weighted by Crippen LogP contribution is -2.01. The number of carbonyl (C=O) groups is 1. The van der Waals surface area contributed by atoms with Crippen LogP contribution in [0.2, 0.25) is 0 Å². The van der Waals surface area contributed by atoms with Crippen molar-refractivity contribution in [3.63, 3.8) is 0 Å². The fourth-order valence-corrected chi connectivity index (χ4v) is 0.935. The molecular weight excluding hydrogens is 176 g/mol. The van der Waals surface area contributed by atoms with Gasteiger partial charge in [-0.2, -0.15) is 0 Å². The molecule has 0 amide bonds. The van der Waals surface area contributed by atoms with Crippen molar-refractivity contribution in [2.45, 2.75) is 39.5 Å². The van der Waals surface area contributed by atoms with E-state index < -0.39 is 0 Å². The largest absolute Gasteiger partial charge is 0.463 e. The molecule has 0 N–H and O–H groups in total. The van der Waals surface area contributed by atoms with Crippen LogP contribution in [0, 0.1) is 0 Å². The van der Waals surface area contributed by atoms with Crippen molar-refractivity contribution < 1.29 is 9.53 Å². The van der Waals surface area contributed by atoms with Crippen LogP contribution in [-0.4, -0.2) is 12.6 Å². The number of ether oxygens (including phenoxy) is 1. The number of rotatable bonds is 7.